The Bertz CT molecular complexity index is 959. The first kappa shape index (κ1) is 23.3. The lowest BCUT2D eigenvalue weighted by atomic mass is 10.1. The first-order chi connectivity index (χ1) is 15.3. The summed E-state index contributed by atoms with van der Waals surface area (Å²) in [5, 5.41) is 0. The summed E-state index contributed by atoms with van der Waals surface area (Å²) in [6.45, 7) is 7.41. The van der Waals surface area contributed by atoms with Crippen molar-refractivity contribution in [1.82, 2.24) is 9.80 Å². The second-order valence-corrected chi connectivity index (χ2v) is 8.71. The highest BCUT2D eigenvalue weighted by atomic mass is 16.6. The first-order valence-corrected chi connectivity index (χ1v) is 10.8. The minimum atomic E-state index is -0.536. The van der Waals surface area contributed by atoms with Gasteiger partial charge in [-0.05, 0) is 51.0 Å². The fourth-order valence-corrected chi connectivity index (χ4v) is 3.46. The Kier molecular flexibility index (Phi) is 7.51. The van der Waals surface area contributed by atoms with E-state index in [0.717, 1.165) is 11.8 Å². The Morgan fingerprint density at radius 3 is 2.16 bits per heavy atom. The number of hydrogen-bond acceptors (Lipinski definition) is 5. The van der Waals surface area contributed by atoms with Crippen LogP contribution < -0.4 is 4.74 Å². The molecule has 7 heteroatoms. The monoisotopic (exact) mass is 438 g/mol. The minimum Gasteiger partial charge on any atom is -0.456 e. The normalized spacial score (nSPS) is 14.1. The molecule has 170 valence electrons. The maximum absolute atomic E-state index is 12.8. The summed E-state index contributed by atoms with van der Waals surface area (Å²) in [6, 6.07) is 14.6. The molecule has 0 spiro atoms. The van der Waals surface area contributed by atoms with Gasteiger partial charge in [-0.1, -0.05) is 30.3 Å². The number of ether oxygens (including phenoxy) is 2. The minimum absolute atomic E-state index is 0.0388. The van der Waals surface area contributed by atoms with Gasteiger partial charge in [0.2, 0.25) is 5.91 Å². The number of aryl methyl sites for hydroxylation is 1. The van der Waals surface area contributed by atoms with Crippen molar-refractivity contribution in [3.05, 3.63) is 59.7 Å². The average Bonchev–Trinajstić information content (AvgIpc) is 2.77. The van der Waals surface area contributed by atoms with Crippen molar-refractivity contribution < 1.29 is 23.9 Å². The van der Waals surface area contributed by atoms with Crippen molar-refractivity contribution in [2.24, 2.45) is 0 Å². The van der Waals surface area contributed by atoms with E-state index >= 15 is 0 Å². The SMILES string of the molecule is CC(C)(C)OC(=O)N1CCN(C(=O)CCc2ccccc2Oc2ccccc2C=O)CC1. The largest absolute Gasteiger partial charge is 0.456 e. The smallest absolute Gasteiger partial charge is 0.410 e. The number of rotatable bonds is 6. The van der Waals surface area contributed by atoms with E-state index in [1.165, 1.54) is 0 Å². The van der Waals surface area contributed by atoms with Crippen LogP contribution in [0.5, 0.6) is 11.5 Å². The van der Waals surface area contributed by atoms with E-state index in [1.54, 1.807) is 28.0 Å². The third kappa shape index (κ3) is 6.33. The molecule has 1 aliphatic heterocycles. The molecule has 0 aromatic heterocycles. The van der Waals surface area contributed by atoms with E-state index in [-0.39, 0.29) is 12.0 Å². The predicted molar refractivity (Wildman–Crippen MR) is 121 cm³/mol. The molecule has 2 aromatic carbocycles. The summed E-state index contributed by atoms with van der Waals surface area (Å²) >= 11 is 0. The third-order valence-electron chi connectivity index (χ3n) is 5.13. The van der Waals surface area contributed by atoms with Crippen LogP contribution in [0.3, 0.4) is 0 Å². The molecular weight excluding hydrogens is 408 g/mol. The molecule has 2 amide bonds. The van der Waals surface area contributed by atoms with Gasteiger partial charge in [0.1, 0.15) is 17.1 Å². The van der Waals surface area contributed by atoms with Gasteiger partial charge >= 0.3 is 6.09 Å². The van der Waals surface area contributed by atoms with Crippen LogP contribution in [0.25, 0.3) is 0 Å². The molecule has 0 radical (unpaired) electrons. The molecule has 0 bridgehead atoms. The van der Waals surface area contributed by atoms with Crippen molar-refractivity contribution in [1.29, 1.82) is 0 Å². The van der Waals surface area contributed by atoms with E-state index in [4.69, 9.17) is 9.47 Å². The number of para-hydroxylation sites is 2. The van der Waals surface area contributed by atoms with Gasteiger partial charge in [0, 0.05) is 32.6 Å². The Morgan fingerprint density at radius 1 is 0.906 bits per heavy atom. The molecule has 1 heterocycles. The van der Waals surface area contributed by atoms with Gasteiger partial charge in [-0.2, -0.15) is 0 Å². The predicted octanol–water partition coefficient (Wildman–Crippen LogP) is 4.30. The topological polar surface area (TPSA) is 76.2 Å². The van der Waals surface area contributed by atoms with E-state index in [9.17, 15) is 14.4 Å². The second kappa shape index (κ2) is 10.3. The highest BCUT2D eigenvalue weighted by Gasteiger charge is 2.27. The summed E-state index contributed by atoms with van der Waals surface area (Å²) in [6.07, 6.45) is 1.27. The van der Waals surface area contributed by atoms with Crippen molar-refractivity contribution in [3.63, 3.8) is 0 Å². The lowest BCUT2D eigenvalue weighted by Crippen LogP contribution is -2.51. The molecule has 0 N–H and O–H groups in total. The molecule has 1 aliphatic rings. The Labute approximate surface area is 188 Å². The van der Waals surface area contributed by atoms with Gasteiger partial charge in [0.05, 0.1) is 5.56 Å². The van der Waals surface area contributed by atoms with Crippen LogP contribution in [-0.2, 0) is 16.0 Å². The summed E-state index contributed by atoms with van der Waals surface area (Å²) in [4.78, 5) is 39.6. The molecule has 32 heavy (non-hydrogen) atoms. The molecule has 0 unspecified atom stereocenters. The zero-order valence-electron chi connectivity index (χ0n) is 18.9. The number of aldehydes is 1. The summed E-state index contributed by atoms with van der Waals surface area (Å²) in [5.41, 5.74) is 0.835. The van der Waals surface area contributed by atoms with Gasteiger partial charge < -0.3 is 19.3 Å². The van der Waals surface area contributed by atoms with Crippen LogP contribution in [0.2, 0.25) is 0 Å². The highest BCUT2D eigenvalue weighted by Crippen LogP contribution is 2.28. The third-order valence-corrected chi connectivity index (χ3v) is 5.13. The van der Waals surface area contributed by atoms with E-state index in [0.29, 0.717) is 56.1 Å². The number of nitrogens with zero attached hydrogens (tertiary/aromatic N) is 2. The van der Waals surface area contributed by atoms with Crippen molar-refractivity contribution in [2.45, 2.75) is 39.2 Å². The number of carbonyl (C=O) groups is 3. The molecule has 1 fully saturated rings. The van der Waals surface area contributed by atoms with Crippen LogP contribution in [0.4, 0.5) is 4.79 Å². The quantitative estimate of drug-likeness (QED) is 0.629. The maximum Gasteiger partial charge on any atom is 0.410 e. The Hall–Kier alpha value is -3.35. The highest BCUT2D eigenvalue weighted by molar-refractivity contribution is 5.79. The van der Waals surface area contributed by atoms with Crippen LogP contribution in [-0.4, -0.2) is 59.9 Å². The van der Waals surface area contributed by atoms with Gasteiger partial charge in [-0.15, -0.1) is 0 Å². The molecule has 0 aliphatic carbocycles. The van der Waals surface area contributed by atoms with Crippen molar-refractivity contribution in [3.8, 4) is 11.5 Å². The number of benzene rings is 2. The molecule has 2 aromatic rings. The van der Waals surface area contributed by atoms with Gasteiger partial charge in [-0.25, -0.2) is 4.79 Å². The summed E-state index contributed by atoms with van der Waals surface area (Å²) < 4.78 is 11.4. The van der Waals surface area contributed by atoms with E-state index in [1.807, 2.05) is 51.1 Å². The zero-order valence-corrected chi connectivity index (χ0v) is 18.9. The summed E-state index contributed by atoms with van der Waals surface area (Å²) in [7, 11) is 0. The van der Waals surface area contributed by atoms with Gasteiger partial charge in [0.15, 0.2) is 6.29 Å². The Balaban J connectivity index is 1.55. The lowest BCUT2D eigenvalue weighted by molar-refractivity contribution is -0.132. The number of amides is 2. The number of carbonyl (C=O) groups excluding carboxylic acids is 3. The fraction of sp³-hybridized carbons (Fsp3) is 0.400. The average molecular weight is 439 g/mol. The first-order valence-electron chi connectivity index (χ1n) is 10.8. The van der Waals surface area contributed by atoms with Crippen molar-refractivity contribution >= 4 is 18.3 Å². The molecule has 0 atom stereocenters. The number of hydrogen-bond donors (Lipinski definition) is 0. The molecule has 0 saturated carbocycles. The molecule has 3 rings (SSSR count). The van der Waals surface area contributed by atoms with Crippen LogP contribution in [0.1, 0.15) is 43.1 Å². The zero-order chi connectivity index (χ0) is 23.1. The fourth-order valence-electron chi connectivity index (χ4n) is 3.46. The lowest BCUT2D eigenvalue weighted by Gasteiger charge is -2.35. The molecule has 1 saturated heterocycles. The van der Waals surface area contributed by atoms with Crippen molar-refractivity contribution in [2.75, 3.05) is 26.2 Å². The molecular formula is C25H30N2O5. The standard InChI is InChI=1S/C25H30N2O5/c1-25(2,3)32-24(30)27-16-14-26(15-17-27)23(29)13-12-19-8-4-6-10-21(19)31-22-11-7-5-9-20(22)18-28/h4-11,18H,12-17H2,1-3H3. The maximum atomic E-state index is 12.8. The number of piperazine rings is 1. The Morgan fingerprint density at radius 2 is 1.50 bits per heavy atom. The van der Waals surface area contributed by atoms with Crippen LogP contribution in [0, 0.1) is 0 Å². The van der Waals surface area contributed by atoms with E-state index < -0.39 is 5.60 Å². The van der Waals surface area contributed by atoms with Crippen LogP contribution >= 0.6 is 0 Å². The molecule has 7 nitrogen and oxygen atoms in total. The van der Waals surface area contributed by atoms with Gasteiger partial charge in [-0.3, -0.25) is 9.59 Å². The summed E-state index contributed by atoms with van der Waals surface area (Å²) in [5.74, 6) is 1.15. The second-order valence-electron chi connectivity index (χ2n) is 8.71. The van der Waals surface area contributed by atoms with Gasteiger partial charge in [0.25, 0.3) is 0 Å². The van der Waals surface area contributed by atoms with Crippen LogP contribution in [0.15, 0.2) is 48.5 Å². The van der Waals surface area contributed by atoms with E-state index in [2.05, 4.69) is 0 Å².